The summed E-state index contributed by atoms with van der Waals surface area (Å²) in [6, 6.07) is 9.06. The number of hydrogen-bond donors (Lipinski definition) is 1. The summed E-state index contributed by atoms with van der Waals surface area (Å²) in [6.45, 7) is -0.0199. The number of pyridine rings is 1. The molecule has 0 bridgehead atoms. The van der Waals surface area contributed by atoms with E-state index in [9.17, 15) is 18.0 Å². The lowest BCUT2D eigenvalue weighted by Crippen LogP contribution is -2.33. The van der Waals surface area contributed by atoms with Crippen LogP contribution >= 0.6 is 0 Å². The maximum atomic E-state index is 12.5. The molecule has 24 heavy (non-hydrogen) atoms. The van der Waals surface area contributed by atoms with Crippen LogP contribution in [0.25, 0.3) is 0 Å². The Labute approximate surface area is 137 Å². The van der Waals surface area contributed by atoms with E-state index in [1.165, 1.54) is 11.0 Å². The molecule has 1 amide bonds. The Balaban J connectivity index is 1.95. The molecule has 1 aromatic carbocycles. The number of nitrogens with zero attached hydrogens (tertiary/aromatic N) is 1. The molecule has 1 heterocycles. The topological polar surface area (TPSA) is 55.7 Å². The Morgan fingerprint density at radius 3 is 2.38 bits per heavy atom. The van der Waals surface area contributed by atoms with Crippen LogP contribution in [-0.2, 0) is 11.0 Å². The monoisotopic (exact) mass is 340 g/mol. The highest BCUT2D eigenvalue weighted by molar-refractivity contribution is 5.93. The van der Waals surface area contributed by atoms with Crippen LogP contribution in [0, 0.1) is 0 Å². The first-order valence-electron chi connectivity index (χ1n) is 7.03. The molecule has 2 N–H and O–H groups in total. The molecule has 0 fully saturated rings. The molecular weight excluding hydrogens is 323 g/mol. The normalized spacial score (nSPS) is 11.0. The van der Waals surface area contributed by atoms with Crippen LogP contribution in [0.1, 0.15) is 5.56 Å². The third-order valence-electron chi connectivity index (χ3n) is 3.29. The first kappa shape index (κ1) is 17.6. The van der Waals surface area contributed by atoms with Crippen LogP contribution in [0.15, 0.2) is 42.6 Å². The average Bonchev–Trinajstić information content (AvgIpc) is 2.54. The van der Waals surface area contributed by atoms with Crippen molar-refractivity contribution in [2.24, 2.45) is 0 Å². The fourth-order valence-corrected chi connectivity index (χ4v) is 2.01. The molecule has 2 aromatic rings. The van der Waals surface area contributed by atoms with Gasteiger partial charge in [0.05, 0.1) is 19.7 Å². The molecule has 0 atom stereocenters. The summed E-state index contributed by atoms with van der Waals surface area (Å²) in [5, 5.41) is 2.70. The van der Waals surface area contributed by atoms with E-state index in [0.717, 1.165) is 12.3 Å². The van der Waals surface area contributed by atoms with Crippen molar-refractivity contribution in [3.8, 4) is 5.75 Å². The molecular formula is C16H17F3N3O2+. The molecule has 1 aromatic heterocycles. The summed E-state index contributed by atoms with van der Waals surface area (Å²) >= 11 is 0. The summed E-state index contributed by atoms with van der Waals surface area (Å²) in [4.78, 5) is 16.0. The minimum absolute atomic E-state index is 0.0199. The largest absolute Gasteiger partial charge is 0.497 e. The number of likely N-dealkylation sites (N-methyl/N-ethyl adjacent to an activating group) is 1. The summed E-state index contributed by atoms with van der Waals surface area (Å²) in [6.07, 6.45) is -3.54. The van der Waals surface area contributed by atoms with Crippen molar-refractivity contribution in [2.75, 3.05) is 30.9 Å². The fraction of sp³-hybridized carbons (Fsp3) is 0.250. The molecule has 2 rings (SSSR count). The van der Waals surface area contributed by atoms with Crippen LogP contribution in [-0.4, -0.2) is 26.6 Å². The van der Waals surface area contributed by atoms with Crippen LogP contribution in [0.4, 0.5) is 24.7 Å². The van der Waals surface area contributed by atoms with Gasteiger partial charge in [0.1, 0.15) is 11.9 Å². The molecule has 128 valence electrons. The van der Waals surface area contributed by atoms with E-state index < -0.39 is 11.7 Å². The number of hydrogen-bond acceptors (Lipinski definition) is 3. The predicted molar refractivity (Wildman–Crippen MR) is 82.9 cm³/mol. The number of alkyl halides is 3. The zero-order valence-electron chi connectivity index (χ0n) is 13.1. The Bertz CT molecular complexity index is 685. The summed E-state index contributed by atoms with van der Waals surface area (Å²) in [5.74, 6) is 0.772. The number of halogens is 3. The van der Waals surface area contributed by atoms with Gasteiger partial charge in [-0.05, 0) is 30.3 Å². The van der Waals surface area contributed by atoms with Crippen molar-refractivity contribution < 1.29 is 27.7 Å². The van der Waals surface area contributed by atoms with Gasteiger partial charge in [-0.1, -0.05) is 0 Å². The number of amides is 1. The summed E-state index contributed by atoms with van der Waals surface area (Å²) in [7, 11) is 3.15. The highest BCUT2D eigenvalue weighted by Gasteiger charge is 2.32. The molecule has 8 heteroatoms. The fourth-order valence-electron chi connectivity index (χ4n) is 2.01. The van der Waals surface area contributed by atoms with Crippen molar-refractivity contribution in [2.45, 2.75) is 6.18 Å². The highest BCUT2D eigenvalue weighted by atomic mass is 19.4. The molecule has 0 spiro atoms. The zero-order chi connectivity index (χ0) is 17.7. The maximum Gasteiger partial charge on any atom is 0.419 e. The number of benzene rings is 1. The van der Waals surface area contributed by atoms with Crippen LogP contribution in [0.2, 0.25) is 0 Å². The maximum absolute atomic E-state index is 12.5. The number of aromatic nitrogens is 1. The number of carbonyl (C=O) groups excluding carboxylic acids is 1. The Morgan fingerprint density at radius 2 is 1.88 bits per heavy atom. The van der Waals surface area contributed by atoms with E-state index in [1.54, 1.807) is 38.4 Å². The molecule has 0 saturated carbocycles. The molecule has 0 radical (unpaired) electrons. The SMILES string of the molecule is COc1ccc(NC(=O)CN(C)c2ccc(C(F)(F)F)c[nH+]2)cc1. The van der Waals surface area contributed by atoms with E-state index in [1.807, 2.05) is 0 Å². The summed E-state index contributed by atoms with van der Waals surface area (Å²) < 4.78 is 42.6. The van der Waals surface area contributed by atoms with Gasteiger partial charge in [0, 0.05) is 11.8 Å². The van der Waals surface area contributed by atoms with Gasteiger partial charge in [-0.2, -0.15) is 13.2 Å². The van der Waals surface area contributed by atoms with Crippen molar-refractivity contribution in [3.05, 3.63) is 48.2 Å². The van der Waals surface area contributed by atoms with Gasteiger partial charge in [-0.15, -0.1) is 0 Å². The first-order chi connectivity index (χ1) is 11.3. The predicted octanol–water partition coefficient (Wildman–Crippen LogP) is 2.60. The van der Waals surface area contributed by atoms with Crippen molar-refractivity contribution in [1.29, 1.82) is 0 Å². The van der Waals surface area contributed by atoms with E-state index in [4.69, 9.17) is 4.74 Å². The van der Waals surface area contributed by atoms with Gasteiger partial charge in [-0.3, -0.25) is 9.69 Å². The van der Waals surface area contributed by atoms with Gasteiger partial charge < -0.3 is 10.1 Å². The number of methoxy groups -OCH3 is 1. The van der Waals surface area contributed by atoms with E-state index in [2.05, 4.69) is 10.3 Å². The second-order valence-electron chi connectivity index (χ2n) is 5.09. The standard InChI is InChI=1S/C16H16F3N3O2/c1-22(14-8-3-11(9-20-14)16(17,18)19)10-15(23)21-12-4-6-13(24-2)7-5-12/h3-9H,10H2,1-2H3,(H,21,23)/p+1. The first-order valence-corrected chi connectivity index (χ1v) is 7.03. The zero-order valence-corrected chi connectivity index (χ0v) is 13.1. The Morgan fingerprint density at radius 1 is 1.21 bits per heavy atom. The molecule has 5 nitrogen and oxygen atoms in total. The number of aromatic amines is 1. The van der Waals surface area contributed by atoms with Crippen molar-refractivity contribution in [1.82, 2.24) is 0 Å². The van der Waals surface area contributed by atoms with Gasteiger partial charge in [0.15, 0.2) is 6.54 Å². The Hall–Kier alpha value is -2.77. The van der Waals surface area contributed by atoms with Crippen LogP contribution in [0.5, 0.6) is 5.75 Å². The number of nitrogens with one attached hydrogen (secondary N) is 2. The van der Waals surface area contributed by atoms with E-state index in [0.29, 0.717) is 17.3 Å². The van der Waals surface area contributed by atoms with E-state index in [-0.39, 0.29) is 12.5 Å². The molecule has 0 aliphatic rings. The smallest absolute Gasteiger partial charge is 0.419 e. The lowest BCUT2D eigenvalue weighted by atomic mass is 10.2. The molecule has 0 unspecified atom stereocenters. The van der Waals surface area contributed by atoms with Crippen molar-refractivity contribution in [3.63, 3.8) is 0 Å². The van der Waals surface area contributed by atoms with E-state index >= 15 is 0 Å². The second kappa shape index (κ2) is 7.20. The minimum Gasteiger partial charge on any atom is -0.497 e. The molecule has 0 aliphatic heterocycles. The van der Waals surface area contributed by atoms with Crippen molar-refractivity contribution >= 4 is 17.4 Å². The lowest BCUT2D eigenvalue weighted by Gasteiger charge is -2.12. The number of H-pyrrole nitrogens is 1. The molecule has 0 saturated heterocycles. The number of rotatable bonds is 5. The molecule has 0 aliphatic carbocycles. The Kier molecular flexibility index (Phi) is 5.28. The summed E-state index contributed by atoms with van der Waals surface area (Å²) in [5.41, 5.74) is -0.173. The number of carbonyl (C=O) groups is 1. The van der Waals surface area contributed by atoms with Gasteiger partial charge in [0.25, 0.3) is 11.7 Å². The van der Waals surface area contributed by atoms with Gasteiger partial charge in [0.2, 0.25) is 0 Å². The third-order valence-corrected chi connectivity index (χ3v) is 3.29. The van der Waals surface area contributed by atoms with Crippen LogP contribution in [0.3, 0.4) is 0 Å². The lowest BCUT2D eigenvalue weighted by molar-refractivity contribution is -0.367. The minimum atomic E-state index is -4.40. The van der Waals surface area contributed by atoms with Gasteiger partial charge in [-0.25, -0.2) is 4.98 Å². The average molecular weight is 340 g/mol. The third kappa shape index (κ3) is 4.61. The number of ether oxygens (including phenoxy) is 1. The second-order valence-corrected chi connectivity index (χ2v) is 5.09. The highest BCUT2D eigenvalue weighted by Crippen LogP contribution is 2.28. The quantitative estimate of drug-likeness (QED) is 0.910. The van der Waals surface area contributed by atoms with Gasteiger partial charge >= 0.3 is 6.18 Å². The number of anilines is 2. The van der Waals surface area contributed by atoms with Crippen LogP contribution < -0.4 is 19.9 Å².